The Bertz CT molecular complexity index is 174. The second-order valence-electron chi connectivity index (χ2n) is 5.17. The van der Waals surface area contributed by atoms with Crippen LogP contribution in [0.5, 0.6) is 0 Å². The van der Waals surface area contributed by atoms with E-state index in [1.54, 1.807) is 7.11 Å². The van der Waals surface area contributed by atoms with Crippen LogP contribution in [0.4, 0.5) is 0 Å². The Morgan fingerprint density at radius 1 is 0.944 bits per heavy atom. The van der Waals surface area contributed by atoms with E-state index >= 15 is 0 Å². The molecule has 0 saturated heterocycles. The molecule has 0 bridgehead atoms. The van der Waals surface area contributed by atoms with Crippen molar-refractivity contribution >= 4 is 0 Å². The maximum absolute atomic E-state index is 5.89. The molecule has 0 spiro atoms. The van der Waals surface area contributed by atoms with Gasteiger partial charge in [-0.05, 0) is 12.3 Å². The molecule has 0 aliphatic heterocycles. The molecular weight excluding hydrogens is 230 g/mol. The molecule has 0 amide bonds. The topological polar surface area (TPSA) is 39.7 Å². The third kappa shape index (κ3) is 11.0. The summed E-state index contributed by atoms with van der Waals surface area (Å²) in [5.74, 6) is 0.533. The van der Waals surface area contributed by atoms with Crippen molar-refractivity contribution in [1.29, 1.82) is 0 Å². The van der Waals surface area contributed by atoms with Crippen LogP contribution in [0.1, 0.15) is 34.1 Å². The minimum atomic E-state index is 0.284. The second kappa shape index (κ2) is 11.9. The van der Waals surface area contributed by atoms with Crippen molar-refractivity contribution in [2.24, 2.45) is 5.92 Å². The van der Waals surface area contributed by atoms with E-state index in [9.17, 15) is 0 Å². The minimum Gasteiger partial charge on any atom is -0.382 e. The van der Waals surface area contributed by atoms with E-state index in [0.717, 1.165) is 26.2 Å². The van der Waals surface area contributed by atoms with Crippen molar-refractivity contribution in [2.75, 3.05) is 40.1 Å². The first kappa shape index (κ1) is 17.8. The molecule has 4 heteroatoms. The van der Waals surface area contributed by atoms with Gasteiger partial charge < -0.3 is 19.5 Å². The summed E-state index contributed by atoms with van der Waals surface area (Å²) in [6, 6.07) is 0.507. The van der Waals surface area contributed by atoms with Gasteiger partial charge in [0.1, 0.15) is 0 Å². The largest absolute Gasteiger partial charge is 0.382 e. The van der Waals surface area contributed by atoms with Crippen molar-refractivity contribution < 1.29 is 14.2 Å². The Labute approximate surface area is 112 Å². The molecule has 0 aliphatic rings. The van der Waals surface area contributed by atoms with E-state index < -0.39 is 0 Å². The molecule has 0 aromatic heterocycles. The molecule has 1 unspecified atom stereocenters. The van der Waals surface area contributed by atoms with E-state index in [-0.39, 0.29) is 6.10 Å². The second-order valence-corrected chi connectivity index (χ2v) is 5.17. The normalized spacial score (nSPS) is 13.5. The van der Waals surface area contributed by atoms with Crippen LogP contribution >= 0.6 is 0 Å². The zero-order chi connectivity index (χ0) is 13.8. The molecule has 18 heavy (non-hydrogen) atoms. The predicted octanol–water partition coefficient (Wildman–Crippen LogP) is 2.08. The number of nitrogens with one attached hydrogen (secondary N) is 1. The van der Waals surface area contributed by atoms with Gasteiger partial charge in [-0.1, -0.05) is 27.7 Å². The first-order valence-electron chi connectivity index (χ1n) is 6.99. The van der Waals surface area contributed by atoms with Gasteiger partial charge in [0, 0.05) is 32.9 Å². The zero-order valence-corrected chi connectivity index (χ0v) is 12.7. The highest BCUT2D eigenvalue weighted by molar-refractivity contribution is 4.67. The van der Waals surface area contributed by atoms with Gasteiger partial charge in [-0.3, -0.25) is 0 Å². The van der Waals surface area contributed by atoms with E-state index in [0.29, 0.717) is 25.2 Å². The Kier molecular flexibility index (Phi) is 11.8. The van der Waals surface area contributed by atoms with Gasteiger partial charge in [0.25, 0.3) is 0 Å². The van der Waals surface area contributed by atoms with Gasteiger partial charge in [-0.2, -0.15) is 0 Å². The first-order valence-corrected chi connectivity index (χ1v) is 6.99. The summed E-state index contributed by atoms with van der Waals surface area (Å²) in [7, 11) is 1.68. The van der Waals surface area contributed by atoms with Crippen LogP contribution in [-0.2, 0) is 14.2 Å². The fourth-order valence-electron chi connectivity index (χ4n) is 1.48. The maximum atomic E-state index is 5.89. The summed E-state index contributed by atoms with van der Waals surface area (Å²) in [6.07, 6.45) is 1.22. The van der Waals surface area contributed by atoms with Gasteiger partial charge in [0.05, 0.1) is 19.3 Å². The highest BCUT2D eigenvalue weighted by Crippen LogP contribution is 2.06. The van der Waals surface area contributed by atoms with Crippen LogP contribution in [0.3, 0.4) is 0 Å². The summed E-state index contributed by atoms with van der Waals surface area (Å²) in [4.78, 5) is 0. The lowest BCUT2D eigenvalue weighted by atomic mass is 10.1. The van der Waals surface area contributed by atoms with E-state index in [2.05, 4.69) is 33.0 Å². The SMILES string of the molecule is COCCOCCCOC(CNC(C)C)C(C)C. The number of hydrogen-bond donors (Lipinski definition) is 1. The highest BCUT2D eigenvalue weighted by atomic mass is 16.5. The predicted molar refractivity (Wildman–Crippen MR) is 75.0 cm³/mol. The van der Waals surface area contributed by atoms with Crippen LogP contribution in [0, 0.1) is 5.92 Å². The molecule has 0 saturated carbocycles. The summed E-state index contributed by atoms with van der Waals surface area (Å²) in [5, 5.41) is 3.42. The smallest absolute Gasteiger partial charge is 0.0722 e. The minimum absolute atomic E-state index is 0.284. The number of ether oxygens (including phenoxy) is 3. The van der Waals surface area contributed by atoms with E-state index in [1.165, 1.54) is 0 Å². The van der Waals surface area contributed by atoms with Crippen LogP contribution in [-0.4, -0.2) is 52.2 Å². The summed E-state index contributed by atoms with van der Waals surface area (Å²) in [5.41, 5.74) is 0. The quantitative estimate of drug-likeness (QED) is 0.546. The van der Waals surface area contributed by atoms with Crippen molar-refractivity contribution in [3.05, 3.63) is 0 Å². The van der Waals surface area contributed by atoms with Crippen molar-refractivity contribution in [2.45, 2.75) is 46.3 Å². The van der Waals surface area contributed by atoms with Gasteiger partial charge in [-0.25, -0.2) is 0 Å². The molecule has 1 atom stereocenters. The number of methoxy groups -OCH3 is 1. The Balaban J connectivity index is 3.52. The molecular formula is C14H31NO3. The number of rotatable bonds is 12. The van der Waals surface area contributed by atoms with Gasteiger partial charge in [-0.15, -0.1) is 0 Å². The van der Waals surface area contributed by atoms with Crippen molar-refractivity contribution in [3.8, 4) is 0 Å². The molecule has 0 aliphatic carbocycles. The average Bonchev–Trinajstić information content (AvgIpc) is 2.31. The summed E-state index contributed by atoms with van der Waals surface area (Å²) < 4.78 is 16.2. The van der Waals surface area contributed by atoms with Crippen molar-refractivity contribution in [3.63, 3.8) is 0 Å². The third-order valence-corrected chi connectivity index (χ3v) is 2.67. The monoisotopic (exact) mass is 261 g/mol. The van der Waals surface area contributed by atoms with Crippen molar-refractivity contribution in [1.82, 2.24) is 5.32 Å². The zero-order valence-electron chi connectivity index (χ0n) is 12.7. The lowest BCUT2D eigenvalue weighted by Gasteiger charge is -2.23. The molecule has 0 heterocycles. The Hall–Kier alpha value is -0.160. The third-order valence-electron chi connectivity index (χ3n) is 2.67. The number of hydrogen-bond acceptors (Lipinski definition) is 4. The molecule has 0 rings (SSSR count). The molecule has 0 aromatic carbocycles. The molecule has 1 N–H and O–H groups in total. The van der Waals surface area contributed by atoms with Gasteiger partial charge in [0.15, 0.2) is 0 Å². The van der Waals surface area contributed by atoms with Gasteiger partial charge >= 0.3 is 0 Å². The Morgan fingerprint density at radius 2 is 1.67 bits per heavy atom. The standard InChI is InChI=1S/C14H31NO3/c1-12(2)14(11-15-13(3)4)18-8-6-7-17-10-9-16-5/h12-15H,6-11H2,1-5H3. The fraction of sp³-hybridized carbons (Fsp3) is 1.00. The van der Waals surface area contributed by atoms with Crippen LogP contribution in [0.15, 0.2) is 0 Å². The van der Waals surface area contributed by atoms with Gasteiger partial charge in [0.2, 0.25) is 0 Å². The maximum Gasteiger partial charge on any atom is 0.0722 e. The lowest BCUT2D eigenvalue weighted by molar-refractivity contribution is 0.00359. The van der Waals surface area contributed by atoms with Crippen LogP contribution in [0.25, 0.3) is 0 Å². The molecule has 4 nitrogen and oxygen atoms in total. The van der Waals surface area contributed by atoms with E-state index in [4.69, 9.17) is 14.2 Å². The molecule has 0 radical (unpaired) electrons. The molecule has 110 valence electrons. The molecule has 0 fully saturated rings. The van der Waals surface area contributed by atoms with Crippen LogP contribution in [0.2, 0.25) is 0 Å². The highest BCUT2D eigenvalue weighted by Gasteiger charge is 2.13. The van der Waals surface area contributed by atoms with Crippen LogP contribution < -0.4 is 5.32 Å². The summed E-state index contributed by atoms with van der Waals surface area (Å²) in [6.45, 7) is 12.4. The molecule has 0 aromatic rings. The fourth-order valence-corrected chi connectivity index (χ4v) is 1.48. The lowest BCUT2D eigenvalue weighted by Crippen LogP contribution is -2.36. The van der Waals surface area contributed by atoms with E-state index in [1.807, 2.05) is 0 Å². The Morgan fingerprint density at radius 3 is 2.22 bits per heavy atom. The summed E-state index contributed by atoms with van der Waals surface area (Å²) >= 11 is 0. The first-order chi connectivity index (χ1) is 8.57. The average molecular weight is 261 g/mol.